The van der Waals surface area contributed by atoms with Crippen LogP contribution in [0.4, 0.5) is 4.39 Å². The fraction of sp³-hybridized carbons (Fsp3) is 0.333. The number of halogens is 1. The highest BCUT2D eigenvalue weighted by atomic mass is 32.2. The van der Waals surface area contributed by atoms with E-state index in [1.807, 2.05) is 0 Å². The second kappa shape index (κ2) is 6.55. The van der Waals surface area contributed by atoms with Gasteiger partial charge in [0.05, 0.1) is 17.0 Å². The first-order valence-corrected chi connectivity index (χ1v) is 9.80. The molecule has 0 spiro atoms. The maximum atomic E-state index is 13.3. The number of nitrogens with zero attached hydrogens (tertiary/aromatic N) is 1. The van der Waals surface area contributed by atoms with Crippen molar-refractivity contribution in [1.29, 1.82) is 0 Å². The predicted octanol–water partition coefficient (Wildman–Crippen LogP) is 2.12. The van der Waals surface area contributed by atoms with Gasteiger partial charge in [-0.25, -0.2) is 17.8 Å². The van der Waals surface area contributed by atoms with E-state index in [4.69, 9.17) is 0 Å². The maximum absolute atomic E-state index is 13.3. The van der Waals surface area contributed by atoms with Crippen LogP contribution < -0.4 is 5.32 Å². The summed E-state index contributed by atoms with van der Waals surface area (Å²) in [5, 5.41) is 2.79. The van der Waals surface area contributed by atoms with E-state index in [1.165, 1.54) is 12.1 Å². The van der Waals surface area contributed by atoms with Crippen molar-refractivity contribution in [2.75, 3.05) is 11.5 Å². The van der Waals surface area contributed by atoms with E-state index >= 15 is 0 Å². The normalized spacial score (nSPS) is 21.8. The van der Waals surface area contributed by atoms with Crippen LogP contribution in [-0.2, 0) is 16.3 Å². The summed E-state index contributed by atoms with van der Waals surface area (Å²) in [6, 6.07) is 11.3. The van der Waals surface area contributed by atoms with Gasteiger partial charge in [-0.15, -0.1) is 0 Å². The number of benzene rings is 1. The van der Waals surface area contributed by atoms with Crippen molar-refractivity contribution in [2.45, 2.75) is 25.3 Å². The smallest absolute Gasteiger partial charge is 0.270 e. The molecule has 1 aromatic heterocycles. The van der Waals surface area contributed by atoms with E-state index in [-0.39, 0.29) is 23.0 Å². The Morgan fingerprint density at radius 1 is 1.28 bits per heavy atom. The summed E-state index contributed by atoms with van der Waals surface area (Å²) in [5.41, 5.74) is 0.858. The fourth-order valence-corrected chi connectivity index (χ4v) is 5.10. The lowest BCUT2D eigenvalue weighted by Crippen LogP contribution is -2.47. The minimum absolute atomic E-state index is 0.0608. The first-order chi connectivity index (χ1) is 11.7. The molecule has 2 heterocycles. The zero-order chi connectivity index (χ0) is 18.1. The standard InChI is InChI=1S/C18H19FN2O3S/c1-18(8-9-25(23,24)12-18)21-17(22)16-7-3-6-15(20-16)11-13-4-2-5-14(19)10-13/h2-7,10H,8-9,11-12H2,1H3,(H,21,22)/t18-/m1/s1. The molecule has 1 saturated heterocycles. The van der Waals surface area contributed by atoms with E-state index in [0.717, 1.165) is 5.56 Å². The first-order valence-electron chi connectivity index (χ1n) is 7.98. The van der Waals surface area contributed by atoms with Gasteiger partial charge in [0, 0.05) is 12.1 Å². The number of hydrogen-bond donors (Lipinski definition) is 1. The lowest BCUT2D eigenvalue weighted by molar-refractivity contribution is 0.0910. The van der Waals surface area contributed by atoms with Gasteiger partial charge in [-0.05, 0) is 43.2 Å². The van der Waals surface area contributed by atoms with Crippen LogP contribution >= 0.6 is 0 Å². The summed E-state index contributed by atoms with van der Waals surface area (Å²) >= 11 is 0. The largest absolute Gasteiger partial charge is 0.344 e. The summed E-state index contributed by atoms with van der Waals surface area (Å²) in [5.74, 6) is -0.701. The van der Waals surface area contributed by atoms with E-state index in [1.54, 1.807) is 37.3 Å². The van der Waals surface area contributed by atoms with Crippen molar-refractivity contribution in [2.24, 2.45) is 0 Å². The molecule has 0 bridgehead atoms. The number of nitrogens with one attached hydrogen (secondary N) is 1. The molecule has 0 radical (unpaired) electrons. The molecule has 1 aromatic carbocycles. The second-order valence-electron chi connectivity index (χ2n) is 6.68. The number of amides is 1. The van der Waals surface area contributed by atoms with Crippen LogP contribution in [0.25, 0.3) is 0 Å². The van der Waals surface area contributed by atoms with Crippen molar-refractivity contribution >= 4 is 15.7 Å². The third-order valence-electron chi connectivity index (χ3n) is 4.23. The lowest BCUT2D eigenvalue weighted by Gasteiger charge is -2.23. The molecule has 7 heteroatoms. The van der Waals surface area contributed by atoms with E-state index in [2.05, 4.69) is 10.3 Å². The van der Waals surface area contributed by atoms with E-state index in [0.29, 0.717) is 18.5 Å². The molecule has 1 aliphatic heterocycles. The molecule has 3 rings (SSSR count). The Labute approximate surface area is 146 Å². The van der Waals surface area contributed by atoms with Gasteiger partial charge in [0.1, 0.15) is 11.5 Å². The number of rotatable bonds is 4. The van der Waals surface area contributed by atoms with Crippen molar-refractivity contribution < 1.29 is 17.6 Å². The molecule has 25 heavy (non-hydrogen) atoms. The Bertz CT molecular complexity index is 914. The molecule has 1 amide bonds. The molecule has 1 N–H and O–H groups in total. The quantitative estimate of drug-likeness (QED) is 0.904. The van der Waals surface area contributed by atoms with Gasteiger partial charge in [-0.2, -0.15) is 0 Å². The minimum atomic E-state index is -3.11. The average molecular weight is 362 g/mol. The Morgan fingerprint density at radius 2 is 2.04 bits per heavy atom. The molecule has 1 atom stereocenters. The highest BCUT2D eigenvalue weighted by molar-refractivity contribution is 7.91. The number of pyridine rings is 1. The monoisotopic (exact) mass is 362 g/mol. The van der Waals surface area contributed by atoms with Gasteiger partial charge in [0.25, 0.3) is 5.91 Å². The zero-order valence-electron chi connectivity index (χ0n) is 13.8. The molecular formula is C18H19FN2O3S. The van der Waals surface area contributed by atoms with Gasteiger partial charge in [-0.1, -0.05) is 18.2 Å². The van der Waals surface area contributed by atoms with E-state index in [9.17, 15) is 17.6 Å². The van der Waals surface area contributed by atoms with Crippen molar-refractivity contribution in [3.8, 4) is 0 Å². The predicted molar refractivity (Wildman–Crippen MR) is 92.6 cm³/mol. The second-order valence-corrected chi connectivity index (χ2v) is 8.86. The number of sulfone groups is 1. The van der Waals surface area contributed by atoms with Gasteiger partial charge >= 0.3 is 0 Å². The third-order valence-corrected chi connectivity index (χ3v) is 6.14. The van der Waals surface area contributed by atoms with Crippen LogP contribution in [0.15, 0.2) is 42.5 Å². The molecule has 5 nitrogen and oxygen atoms in total. The van der Waals surface area contributed by atoms with Gasteiger partial charge in [0.2, 0.25) is 0 Å². The third kappa shape index (κ3) is 4.42. The van der Waals surface area contributed by atoms with Crippen LogP contribution in [0.3, 0.4) is 0 Å². The van der Waals surface area contributed by atoms with Crippen LogP contribution in [0.2, 0.25) is 0 Å². The Balaban J connectivity index is 1.74. The van der Waals surface area contributed by atoms with Gasteiger partial charge < -0.3 is 5.32 Å². The summed E-state index contributed by atoms with van der Waals surface area (Å²) in [6.45, 7) is 1.73. The molecule has 2 aromatic rings. The van der Waals surface area contributed by atoms with Crippen LogP contribution in [0.5, 0.6) is 0 Å². The van der Waals surface area contributed by atoms with Crippen molar-refractivity contribution in [3.63, 3.8) is 0 Å². The number of carbonyl (C=O) groups is 1. The summed E-state index contributed by atoms with van der Waals surface area (Å²) in [6.07, 6.45) is 0.800. The lowest BCUT2D eigenvalue weighted by atomic mass is 10.0. The summed E-state index contributed by atoms with van der Waals surface area (Å²) < 4.78 is 36.6. The Morgan fingerprint density at radius 3 is 2.72 bits per heavy atom. The highest BCUT2D eigenvalue weighted by Crippen LogP contribution is 2.23. The topological polar surface area (TPSA) is 76.1 Å². The van der Waals surface area contributed by atoms with Crippen LogP contribution in [-0.4, -0.2) is 36.4 Å². The molecule has 0 aliphatic carbocycles. The van der Waals surface area contributed by atoms with Crippen molar-refractivity contribution in [3.05, 3.63) is 65.2 Å². The summed E-state index contributed by atoms with van der Waals surface area (Å²) in [7, 11) is -3.11. The Hall–Kier alpha value is -2.28. The fourth-order valence-electron chi connectivity index (χ4n) is 3.01. The van der Waals surface area contributed by atoms with Crippen LogP contribution in [0, 0.1) is 5.82 Å². The maximum Gasteiger partial charge on any atom is 0.270 e. The molecule has 0 unspecified atom stereocenters. The molecule has 1 aliphatic rings. The number of carbonyl (C=O) groups excluding carboxylic acids is 1. The zero-order valence-corrected chi connectivity index (χ0v) is 14.6. The summed E-state index contributed by atoms with van der Waals surface area (Å²) in [4.78, 5) is 16.8. The van der Waals surface area contributed by atoms with Crippen LogP contribution in [0.1, 0.15) is 35.1 Å². The van der Waals surface area contributed by atoms with Gasteiger partial charge in [0.15, 0.2) is 9.84 Å². The van der Waals surface area contributed by atoms with Gasteiger partial charge in [-0.3, -0.25) is 4.79 Å². The minimum Gasteiger partial charge on any atom is -0.344 e. The number of aromatic nitrogens is 1. The molecular weight excluding hydrogens is 343 g/mol. The molecule has 1 fully saturated rings. The number of hydrogen-bond acceptors (Lipinski definition) is 4. The highest BCUT2D eigenvalue weighted by Gasteiger charge is 2.39. The van der Waals surface area contributed by atoms with E-state index < -0.39 is 21.3 Å². The first kappa shape index (κ1) is 17.5. The SMILES string of the molecule is C[C@@]1(NC(=O)c2cccc(Cc3cccc(F)c3)n2)CCS(=O)(=O)C1. The Kier molecular flexibility index (Phi) is 4.60. The molecule has 132 valence electrons. The molecule has 0 saturated carbocycles. The van der Waals surface area contributed by atoms with Crippen molar-refractivity contribution in [1.82, 2.24) is 10.3 Å². The average Bonchev–Trinajstić information content (AvgIpc) is 2.81.